The molecule has 0 N–H and O–H groups in total. The molecule has 8 nitrogen and oxygen atoms in total. The summed E-state index contributed by atoms with van der Waals surface area (Å²) < 4.78 is 34.2. The molecule has 1 aromatic rings. The van der Waals surface area contributed by atoms with Crippen LogP contribution in [-0.2, 0) is 10.2 Å². The van der Waals surface area contributed by atoms with Gasteiger partial charge < -0.3 is 0 Å². The summed E-state index contributed by atoms with van der Waals surface area (Å²) in [7, 11) is -5.25. The fourth-order valence-electron chi connectivity index (χ4n) is 1.21. The molecule has 0 aliphatic carbocycles. The Labute approximate surface area is 94.2 Å². The molecular weight excluding hydrogens is 259 g/mol. The Morgan fingerprint density at radius 1 is 1.18 bits per heavy atom. The van der Waals surface area contributed by atoms with E-state index in [-0.39, 0.29) is 0 Å². The summed E-state index contributed by atoms with van der Waals surface area (Å²) in [5.74, 6) is 0. The second-order valence-corrected chi connectivity index (χ2v) is 4.36. The number of hydrogen-bond donors (Lipinski definition) is 0. The molecule has 0 unspecified atom stereocenters. The van der Waals surface area contributed by atoms with Crippen LogP contribution in [0.15, 0.2) is 17.0 Å². The van der Waals surface area contributed by atoms with Gasteiger partial charge in [-0.05, 0) is 6.92 Å². The van der Waals surface area contributed by atoms with Gasteiger partial charge in [0.15, 0.2) is 0 Å². The van der Waals surface area contributed by atoms with E-state index < -0.39 is 41.9 Å². The largest absolute Gasteiger partial charge is 0.332 e. The average Bonchev–Trinajstić information content (AvgIpc) is 2.15. The Kier molecular flexibility index (Phi) is 3.09. The van der Waals surface area contributed by atoms with Crippen molar-refractivity contribution in [3.63, 3.8) is 0 Å². The molecule has 0 aromatic heterocycles. The zero-order valence-electron chi connectivity index (χ0n) is 8.28. The van der Waals surface area contributed by atoms with Crippen molar-refractivity contribution >= 4 is 21.6 Å². The number of halogens is 1. The second-order valence-electron chi connectivity index (χ2n) is 3.04. The van der Waals surface area contributed by atoms with Gasteiger partial charge in [-0.25, -0.2) is 0 Å². The maximum Gasteiger partial charge on any atom is 0.332 e. The Morgan fingerprint density at radius 2 is 1.71 bits per heavy atom. The number of non-ortho nitro benzene ring substituents is 1. The van der Waals surface area contributed by atoms with E-state index in [0.717, 1.165) is 6.92 Å². The van der Waals surface area contributed by atoms with Crippen LogP contribution >= 0.6 is 0 Å². The zero-order chi connectivity index (χ0) is 13.4. The van der Waals surface area contributed by atoms with E-state index >= 15 is 0 Å². The molecule has 0 saturated carbocycles. The molecule has 0 atom stereocenters. The standard InChI is InChI=1S/C7H5FN2O6S/c1-4-6(10(13)14)2-5(9(11)12)3-7(4)17(8,15)16/h2-3H,1H3. The summed E-state index contributed by atoms with van der Waals surface area (Å²) in [6.45, 7) is 0.994. The smallest absolute Gasteiger partial charge is 0.258 e. The van der Waals surface area contributed by atoms with Gasteiger partial charge in [-0.15, -0.1) is 3.89 Å². The van der Waals surface area contributed by atoms with Gasteiger partial charge in [0.2, 0.25) is 0 Å². The first-order chi connectivity index (χ1) is 7.64. The van der Waals surface area contributed by atoms with Gasteiger partial charge in [-0.1, -0.05) is 0 Å². The van der Waals surface area contributed by atoms with Gasteiger partial charge in [0.25, 0.3) is 11.4 Å². The van der Waals surface area contributed by atoms with Crippen molar-refractivity contribution in [1.82, 2.24) is 0 Å². The van der Waals surface area contributed by atoms with Crippen molar-refractivity contribution in [3.05, 3.63) is 37.9 Å². The molecule has 1 rings (SSSR count). The molecule has 10 heteroatoms. The van der Waals surface area contributed by atoms with Crippen LogP contribution in [0.3, 0.4) is 0 Å². The van der Waals surface area contributed by atoms with Crippen LogP contribution in [0, 0.1) is 27.2 Å². The van der Waals surface area contributed by atoms with Crippen molar-refractivity contribution in [1.29, 1.82) is 0 Å². The average molecular weight is 264 g/mol. The Bertz CT molecular complexity index is 611. The van der Waals surface area contributed by atoms with E-state index in [9.17, 15) is 32.5 Å². The Balaban J connectivity index is 3.73. The van der Waals surface area contributed by atoms with Gasteiger partial charge in [0.05, 0.1) is 15.9 Å². The van der Waals surface area contributed by atoms with Crippen molar-refractivity contribution in [2.45, 2.75) is 11.8 Å². The first-order valence-electron chi connectivity index (χ1n) is 4.02. The lowest BCUT2D eigenvalue weighted by atomic mass is 10.2. The number of rotatable bonds is 3. The van der Waals surface area contributed by atoms with Crippen LogP contribution in [0.25, 0.3) is 0 Å². The third kappa shape index (κ3) is 2.53. The molecule has 0 aliphatic rings. The molecule has 0 aliphatic heterocycles. The first-order valence-corrected chi connectivity index (χ1v) is 5.41. The molecule has 0 saturated heterocycles. The second kappa shape index (κ2) is 4.05. The van der Waals surface area contributed by atoms with Crippen LogP contribution in [0.1, 0.15) is 5.56 Å². The normalized spacial score (nSPS) is 11.2. The van der Waals surface area contributed by atoms with Crippen molar-refractivity contribution in [2.75, 3.05) is 0 Å². The third-order valence-corrected chi connectivity index (χ3v) is 2.94. The van der Waals surface area contributed by atoms with E-state index in [1.165, 1.54) is 0 Å². The van der Waals surface area contributed by atoms with Gasteiger partial charge in [0, 0.05) is 11.6 Å². The molecule has 0 fully saturated rings. The highest BCUT2D eigenvalue weighted by molar-refractivity contribution is 7.86. The number of nitro groups is 2. The zero-order valence-corrected chi connectivity index (χ0v) is 9.10. The lowest BCUT2D eigenvalue weighted by Crippen LogP contribution is -2.02. The van der Waals surface area contributed by atoms with E-state index in [1.807, 2.05) is 0 Å². The Hall–Kier alpha value is -2.10. The molecule has 0 amide bonds. The van der Waals surface area contributed by atoms with Crippen LogP contribution in [-0.4, -0.2) is 18.3 Å². The van der Waals surface area contributed by atoms with E-state index in [4.69, 9.17) is 0 Å². The highest BCUT2D eigenvalue weighted by Crippen LogP contribution is 2.31. The minimum absolute atomic E-state index is 0.442. The fraction of sp³-hybridized carbons (Fsp3) is 0.143. The summed E-state index contributed by atoms with van der Waals surface area (Å²) in [6.07, 6.45) is 0. The van der Waals surface area contributed by atoms with Crippen LogP contribution < -0.4 is 0 Å². The number of nitrogens with zero attached hydrogens (tertiary/aromatic N) is 2. The molecule has 17 heavy (non-hydrogen) atoms. The van der Waals surface area contributed by atoms with Crippen molar-refractivity contribution in [2.24, 2.45) is 0 Å². The quantitative estimate of drug-likeness (QED) is 0.463. The minimum atomic E-state index is -5.25. The lowest BCUT2D eigenvalue weighted by Gasteiger charge is -2.02. The Morgan fingerprint density at radius 3 is 2.06 bits per heavy atom. The number of benzene rings is 1. The molecule has 1 aromatic carbocycles. The molecule has 0 heterocycles. The van der Waals surface area contributed by atoms with Gasteiger partial charge in [0.1, 0.15) is 4.90 Å². The molecule has 0 bridgehead atoms. The van der Waals surface area contributed by atoms with Gasteiger partial charge in [-0.2, -0.15) is 8.42 Å². The van der Waals surface area contributed by atoms with Crippen LogP contribution in [0.4, 0.5) is 15.3 Å². The highest BCUT2D eigenvalue weighted by atomic mass is 32.3. The molecule has 0 radical (unpaired) electrons. The summed E-state index contributed by atoms with van der Waals surface area (Å²) in [6, 6.07) is 1.02. The van der Waals surface area contributed by atoms with Crippen LogP contribution in [0.5, 0.6) is 0 Å². The SMILES string of the molecule is Cc1c([N+](=O)[O-])cc([N+](=O)[O-])cc1S(=O)(=O)F. The van der Waals surface area contributed by atoms with E-state index in [1.54, 1.807) is 0 Å². The third-order valence-electron chi connectivity index (χ3n) is 1.99. The van der Waals surface area contributed by atoms with Crippen LogP contribution in [0.2, 0.25) is 0 Å². The van der Waals surface area contributed by atoms with E-state index in [0.29, 0.717) is 12.1 Å². The van der Waals surface area contributed by atoms with E-state index in [2.05, 4.69) is 0 Å². The van der Waals surface area contributed by atoms with Crippen molar-refractivity contribution < 1.29 is 22.2 Å². The van der Waals surface area contributed by atoms with Crippen molar-refractivity contribution in [3.8, 4) is 0 Å². The summed E-state index contributed by atoms with van der Waals surface area (Å²) in [5.41, 5.74) is -2.17. The molecular formula is C7H5FN2O6S. The minimum Gasteiger partial charge on any atom is -0.258 e. The lowest BCUT2D eigenvalue weighted by molar-refractivity contribution is -0.394. The maximum absolute atomic E-state index is 12.8. The summed E-state index contributed by atoms with van der Waals surface area (Å²) >= 11 is 0. The summed E-state index contributed by atoms with van der Waals surface area (Å²) in [4.78, 5) is 17.8. The maximum atomic E-state index is 12.8. The number of hydrogen-bond acceptors (Lipinski definition) is 6. The fourth-order valence-corrected chi connectivity index (χ4v) is 1.94. The predicted octanol–water partition coefficient (Wildman–Crippen LogP) is 1.47. The first kappa shape index (κ1) is 13.0. The highest BCUT2D eigenvalue weighted by Gasteiger charge is 2.27. The molecule has 0 spiro atoms. The number of nitro benzene ring substituents is 2. The predicted molar refractivity (Wildman–Crippen MR) is 52.8 cm³/mol. The topological polar surface area (TPSA) is 120 Å². The van der Waals surface area contributed by atoms with Gasteiger partial charge >= 0.3 is 10.2 Å². The monoisotopic (exact) mass is 264 g/mol. The van der Waals surface area contributed by atoms with Gasteiger partial charge in [-0.3, -0.25) is 20.2 Å². The molecule has 92 valence electrons. The summed E-state index contributed by atoms with van der Waals surface area (Å²) in [5, 5.41) is 21.0.